The quantitative estimate of drug-likeness (QED) is 0.739. The van der Waals surface area contributed by atoms with Crippen molar-refractivity contribution >= 4 is 26.8 Å². The molecule has 0 bridgehead atoms. The minimum atomic E-state index is -0.591. The largest absolute Gasteiger partial charge is 0.457 e. The number of hydrogen-bond acceptors (Lipinski definition) is 3. The number of pyridine rings is 1. The Morgan fingerprint density at radius 3 is 2.81 bits per heavy atom. The van der Waals surface area contributed by atoms with E-state index in [1.165, 1.54) is 0 Å². The van der Waals surface area contributed by atoms with Gasteiger partial charge in [0.25, 0.3) is 0 Å². The van der Waals surface area contributed by atoms with E-state index in [0.29, 0.717) is 11.5 Å². The topological polar surface area (TPSA) is 42.4 Å². The van der Waals surface area contributed by atoms with Crippen molar-refractivity contribution in [2.75, 3.05) is 0 Å². The molecule has 0 saturated heterocycles. The van der Waals surface area contributed by atoms with Gasteiger partial charge in [-0.05, 0) is 37.3 Å². The molecule has 1 unspecified atom stereocenters. The number of fused-ring (bicyclic) bond motifs is 1. The van der Waals surface area contributed by atoms with E-state index >= 15 is 0 Å². The molecule has 1 aromatic heterocycles. The van der Waals surface area contributed by atoms with Gasteiger partial charge in [0.05, 0.1) is 11.6 Å². The lowest BCUT2D eigenvalue weighted by Crippen LogP contribution is -1.96. The van der Waals surface area contributed by atoms with E-state index in [-0.39, 0.29) is 0 Å². The molecule has 0 spiro atoms. The van der Waals surface area contributed by atoms with Crippen LogP contribution in [0.3, 0.4) is 0 Å². The average molecular weight is 344 g/mol. The van der Waals surface area contributed by atoms with E-state index in [1.54, 1.807) is 13.1 Å². The van der Waals surface area contributed by atoms with Crippen LogP contribution in [0.4, 0.5) is 0 Å². The molecule has 4 heteroatoms. The number of ether oxygens (including phenoxy) is 1. The smallest absolute Gasteiger partial charge is 0.134 e. The van der Waals surface area contributed by atoms with Gasteiger partial charge >= 0.3 is 0 Å². The lowest BCUT2D eigenvalue weighted by Gasteiger charge is -2.14. The fourth-order valence-electron chi connectivity index (χ4n) is 2.18. The summed E-state index contributed by atoms with van der Waals surface area (Å²) in [6, 6.07) is 15.3. The third-order valence-electron chi connectivity index (χ3n) is 3.23. The van der Waals surface area contributed by atoms with Crippen LogP contribution in [-0.2, 0) is 0 Å². The van der Waals surface area contributed by atoms with Gasteiger partial charge in [-0.1, -0.05) is 28.1 Å². The highest BCUT2D eigenvalue weighted by Gasteiger charge is 2.11. The number of aliphatic hydroxyl groups is 1. The third-order valence-corrected chi connectivity index (χ3v) is 3.72. The number of halogens is 1. The number of rotatable bonds is 3. The molecular formula is C17H14BrNO2. The summed E-state index contributed by atoms with van der Waals surface area (Å²) in [5, 5.41) is 10.9. The van der Waals surface area contributed by atoms with Crippen LogP contribution >= 0.6 is 15.9 Å². The summed E-state index contributed by atoms with van der Waals surface area (Å²) in [7, 11) is 0. The van der Waals surface area contributed by atoms with Crippen molar-refractivity contribution < 1.29 is 9.84 Å². The molecule has 21 heavy (non-hydrogen) atoms. The summed E-state index contributed by atoms with van der Waals surface area (Å²) < 4.78 is 6.83. The summed E-state index contributed by atoms with van der Waals surface area (Å²) >= 11 is 3.42. The first-order valence-corrected chi connectivity index (χ1v) is 7.43. The Labute approximate surface area is 131 Å². The molecule has 0 amide bonds. The summed E-state index contributed by atoms with van der Waals surface area (Å²) in [5.74, 6) is 1.33. The molecule has 0 aliphatic carbocycles. The molecule has 0 radical (unpaired) electrons. The molecular weight excluding hydrogens is 330 g/mol. The van der Waals surface area contributed by atoms with Gasteiger partial charge in [-0.25, -0.2) is 0 Å². The highest BCUT2D eigenvalue weighted by Crippen LogP contribution is 2.33. The maximum Gasteiger partial charge on any atom is 0.134 e. The third kappa shape index (κ3) is 3.06. The molecule has 1 N–H and O–H groups in total. The predicted molar refractivity (Wildman–Crippen MR) is 86.6 cm³/mol. The van der Waals surface area contributed by atoms with E-state index in [0.717, 1.165) is 20.9 Å². The average Bonchev–Trinajstić information content (AvgIpc) is 2.47. The van der Waals surface area contributed by atoms with Gasteiger partial charge in [0.15, 0.2) is 0 Å². The van der Waals surface area contributed by atoms with Gasteiger partial charge in [0.1, 0.15) is 11.5 Å². The highest BCUT2D eigenvalue weighted by atomic mass is 79.9. The van der Waals surface area contributed by atoms with Crippen molar-refractivity contribution in [2.24, 2.45) is 0 Å². The van der Waals surface area contributed by atoms with Gasteiger partial charge in [0.2, 0.25) is 0 Å². The van der Waals surface area contributed by atoms with Crippen LogP contribution in [0.2, 0.25) is 0 Å². The molecule has 0 aliphatic heterocycles. The Morgan fingerprint density at radius 1 is 1.14 bits per heavy atom. The number of nitrogens with zero attached hydrogens (tertiary/aromatic N) is 1. The highest BCUT2D eigenvalue weighted by molar-refractivity contribution is 9.10. The SMILES string of the molecule is CC(O)c1ccc(Br)cc1Oc1ccc2cccnc2c1. The van der Waals surface area contributed by atoms with Crippen LogP contribution in [0.5, 0.6) is 11.5 Å². The number of benzene rings is 2. The Bertz CT molecular complexity index is 787. The second-order valence-electron chi connectivity index (χ2n) is 4.82. The van der Waals surface area contributed by atoms with Crippen molar-refractivity contribution in [3.05, 3.63) is 64.8 Å². The Hall–Kier alpha value is -1.91. The van der Waals surface area contributed by atoms with Crippen molar-refractivity contribution in [3.63, 3.8) is 0 Å². The fraction of sp³-hybridized carbons (Fsp3) is 0.118. The van der Waals surface area contributed by atoms with Crippen molar-refractivity contribution in [1.29, 1.82) is 0 Å². The summed E-state index contributed by atoms with van der Waals surface area (Å²) in [4.78, 5) is 4.32. The van der Waals surface area contributed by atoms with E-state index in [9.17, 15) is 5.11 Å². The zero-order valence-electron chi connectivity index (χ0n) is 11.5. The second kappa shape index (κ2) is 5.84. The van der Waals surface area contributed by atoms with Gasteiger partial charge in [-0.15, -0.1) is 0 Å². The monoisotopic (exact) mass is 343 g/mol. The van der Waals surface area contributed by atoms with E-state index in [4.69, 9.17) is 4.74 Å². The predicted octanol–water partition coefficient (Wildman–Crippen LogP) is 4.84. The van der Waals surface area contributed by atoms with Gasteiger partial charge < -0.3 is 9.84 Å². The fourth-order valence-corrected chi connectivity index (χ4v) is 2.52. The molecule has 1 atom stereocenters. The lowest BCUT2D eigenvalue weighted by atomic mass is 10.1. The Balaban J connectivity index is 2.00. The molecule has 2 aromatic carbocycles. The van der Waals surface area contributed by atoms with Crippen molar-refractivity contribution in [2.45, 2.75) is 13.0 Å². The lowest BCUT2D eigenvalue weighted by molar-refractivity contribution is 0.195. The normalized spacial score (nSPS) is 12.3. The molecule has 0 fully saturated rings. The van der Waals surface area contributed by atoms with Crippen molar-refractivity contribution in [1.82, 2.24) is 4.98 Å². The first kappa shape index (κ1) is 14.0. The summed E-state index contributed by atoms with van der Waals surface area (Å²) in [5.41, 5.74) is 1.63. The minimum Gasteiger partial charge on any atom is -0.457 e. The van der Waals surface area contributed by atoms with E-state index in [2.05, 4.69) is 20.9 Å². The van der Waals surface area contributed by atoms with Crippen LogP contribution in [-0.4, -0.2) is 10.1 Å². The van der Waals surface area contributed by atoms with Crippen LogP contribution in [0, 0.1) is 0 Å². The van der Waals surface area contributed by atoms with Gasteiger partial charge in [-0.2, -0.15) is 0 Å². The van der Waals surface area contributed by atoms with Crippen LogP contribution < -0.4 is 4.74 Å². The van der Waals surface area contributed by atoms with Crippen LogP contribution in [0.25, 0.3) is 10.9 Å². The Morgan fingerprint density at radius 2 is 2.00 bits per heavy atom. The molecule has 1 heterocycles. The first-order valence-electron chi connectivity index (χ1n) is 6.63. The number of hydrogen-bond donors (Lipinski definition) is 1. The van der Waals surface area contributed by atoms with E-state index in [1.807, 2.05) is 48.5 Å². The van der Waals surface area contributed by atoms with Crippen LogP contribution in [0.1, 0.15) is 18.6 Å². The summed E-state index contributed by atoms with van der Waals surface area (Å²) in [6.07, 6.45) is 1.17. The second-order valence-corrected chi connectivity index (χ2v) is 5.73. The zero-order chi connectivity index (χ0) is 14.8. The molecule has 106 valence electrons. The number of aromatic nitrogens is 1. The van der Waals surface area contributed by atoms with E-state index < -0.39 is 6.10 Å². The van der Waals surface area contributed by atoms with Gasteiger partial charge in [-0.3, -0.25) is 4.98 Å². The molecule has 0 aliphatic rings. The van der Waals surface area contributed by atoms with Gasteiger partial charge in [0, 0.05) is 27.7 Å². The molecule has 0 saturated carbocycles. The van der Waals surface area contributed by atoms with Crippen LogP contribution in [0.15, 0.2) is 59.2 Å². The Kier molecular flexibility index (Phi) is 3.90. The number of aliphatic hydroxyl groups excluding tert-OH is 1. The molecule has 3 nitrogen and oxygen atoms in total. The zero-order valence-corrected chi connectivity index (χ0v) is 13.0. The minimum absolute atomic E-state index is 0.591. The molecule has 3 rings (SSSR count). The maximum atomic E-state index is 9.84. The summed E-state index contributed by atoms with van der Waals surface area (Å²) in [6.45, 7) is 1.72. The first-order chi connectivity index (χ1) is 10.1. The standard InChI is InChI=1S/C17H14BrNO2/c1-11(20)15-7-5-13(18)9-17(15)21-14-6-4-12-3-2-8-19-16(12)10-14/h2-11,20H,1H3. The maximum absolute atomic E-state index is 9.84. The van der Waals surface area contributed by atoms with Crippen molar-refractivity contribution in [3.8, 4) is 11.5 Å². The molecule has 3 aromatic rings.